The van der Waals surface area contributed by atoms with Crippen molar-refractivity contribution < 1.29 is 14.5 Å². The van der Waals surface area contributed by atoms with Crippen LogP contribution in [0.25, 0.3) is 0 Å². The van der Waals surface area contributed by atoms with Gasteiger partial charge in [0.15, 0.2) is 0 Å². The highest BCUT2D eigenvalue weighted by Crippen LogP contribution is 2.63. The molecule has 2 spiro atoms. The summed E-state index contributed by atoms with van der Waals surface area (Å²) in [5.41, 5.74) is 5.81. The zero-order valence-corrected chi connectivity index (χ0v) is 12.8. The summed E-state index contributed by atoms with van der Waals surface area (Å²) in [5, 5.41) is 0. The highest BCUT2D eigenvalue weighted by molar-refractivity contribution is 5.05. The third kappa shape index (κ3) is 1.82. The van der Waals surface area contributed by atoms with E-state index in [0.29, 0.717) is 17.8 Å². The standard InChI is InChI=1S/C17H27NO3/c18-10-11-1-3-16(4-2-11)19-17(21-20-16)14-6-12-5-13(8-14)9-15(17)7-12/h11-15H,1-10,18H2. The molecule has 0 amide bonds. The number of rotatable bonds is 1. The van der Waals surface area contributed by atoms with Crippen LogP contribution in [0.2, 0.25) is 0 Å². The molecule has 1 heterocycles. The van der Waals surface area contributed by atoms with Crippen molar-refractivity contribution in [1.29, 1.82) is 0 Å². The minimum absolute atomic E-state index is 0.400. The maximum atomic E-state index is 6.66. The van der Waals surface area contributed by atoms with Gasteiger partial charge in [0.1, 0.15) is 0 Å². The van der Waals surface area contributed by atoms with Crippen molar-refractivity contribution in [2.24, 2.45) is 35.3 Å². The molecule has 0 aromatic rings. The van der Waals surface area contributed by atoms with Gasteiger partial charge in [0.2, 0.25) is 11.6 Å². The molecule has 0 aromatic heterocycles. The second-order valence-electron chi connectivity index (χ2n) is 8.38. The summed E-state index contributed by atoms with van der Waals surface area (Å²) in [6.07, 6.45) is 10.7. The fourth-order valence-corrected chi connectivity index (χ4v) is 6.15. The fraction of sp³-hybridized carbons (Fsp3) is 1.00. The number of ether oxygens (including phenoxy) is 1. The van der Waals surface area contributed by atoms with Gasteiger partial charge in [-0.1, -0.05) is 0 Å². The monoisotopic (exact) mass is 293 g/mol. The predicted molar refractivity (Wildman–Crippen MR) is 76.8 cm³/mol. The normalized spacial score (nSPS) is 58.4. The largest absolute Gasteiger partial charge is 0.330 e. The number of hydrogen-bond acceptors (Lipinski definition) is 4. The summed E-state index contributed by atoms with van der Waals surface area (Å²) in [6.45, 7) is 0.788. The minimum Gasteiger partial charge on any atom is -0.330 e. The van der Waals surface area contributed by atoms with E-state index in [-0.39, 0.29) is 0 Å². The van der Waals surface area contributed by atoms with E-state index in [1.807, 2.05) is 0 Å². The molecular weight excluding hydrogens is 266 g/mol. The van der Waals surface area contributed by atoms with E-state index in [9.17, 15) is 0 Å². The van der Waals surface area contributed by atoms with Gasteiger partial charge < -0.3 is 10.5 Å². The van der Waals surface area contributed by atoms with Crippen molar-refractivity contribution in [3.63, 3.8) is 0 Å². The van der Waals surface area contributed by atoms with Gasteiger partial charge in [0.25, 0.3) is 0 Å². The molecule has 4 bridgehead atoms. The molecule has 4 heteroatoms. The van der Waals surface area contributed by atoms with Crippen molar-refractivity contribution in [2.75, 3.05) is 6.54 Å². The van der Waals surface area contributed by atoms with Crippen molar-refractivity contribution in [3.05, 3.63) is 0 Å². The second kappa shape index (κ2) is 4.44. The second-order valence-corrected chi connectivity index (χ2v) is 8.38. The van der Waals surface area contributed by atoms with E-state index in [1.54, 1.807) is 0 Å². The molecule has 6 rings (SSSR count). The van der Waals surface area contributed by atoms with Crippen LogP contribution in [0.5, 0.6) is 0 Å². The minimum atomic E-state index is -0.457. The highest BCUT2D eigenvalue weighted by Gasteiger charge is 2.66. The number of nitrogens with two attached hydrogens (primary N) is 1. The molecule has 1 aliphatic heterocycles. The van der Waals surface area contributed by atoms with Gasteiger partial charge in [-0.05, 0) is 69.2 Å². The van der Waals surface area contributed by atoms with Crippen LogP contribution in [0.1, 0.15) is 57.8 Å². The zero-order valence-electron chi connectivity index (χ0n) is 12.8. The smallest absolute Gasteiger partial charge is 0.210 e. The Bertz CT molecular complexity index is 402. The zero-order chi connectivity index (χ0) is 14.1. The molecule has 118 valence electrons. The number of hydrogen-bond donors (Lipinski definition) is 1. The van der Waals surface area contributed by atoms with Gasteiger partial charge in [0, 0.05) is 24.7 Å². The first-order chi connectivity index (χ1) is 10.2. The first-order valence-corrected chi connectivity index (χ1v) is 8.98. The summed E-state index contributed by atoms with van der Waals surface area (Å²) in [7, 11) is 0. The Morgan fingerprint density at radius 1 is 0.857 bits per heavy atom. The maximum Gasteiger partial charge on any atom is 0.210 e. The Kier molecular flexibility index (Phi) is 2.81. The van der Waals surface area contributed by atoms with E-state index in [2.05, 4.69) is 0 Å². The first kappa shape index (κ1) is 13.3. The molecular formula is C17H27NO3. The van der Waals surface area contributed by atoms with Crippen LogP contribution in [0.15, 0.2) is 0 Å². The van der Waals surface area contributed by atoms with Crippen molar-refractivity contribution in [1.82, 2.24) is 0 Å². The van der Waals surface area contributed by atoms with E-state index >= 15 is 0 Å². The predicted octanol–water partition coefficient (Wildman–Crippen LogP) is 2.96. The fourth-order valence-electron chi connectivity index (χ4n) is 6.15. The van der Waals surface area contributed by atoms with Crippen LogP contribution < -0.4 is 5.73 Å². The van der Waals surface area contributed by atoms with Crippen LogP contribution in [0, 0.1) is 29.6 Å². The van der Waals surface area contributed by atoms with Gasteiger partial charge >= 0.3 is 0 Å². The Morgan fingerprint density at radius 2 is 1.48 bits per heavy atom. The van der Waals surface area contributed by atoms with Crippen LogP contribution in [-0.2, 0) is 14.5 Å². The molecule has 5 saturated carbocycles. The molecule has 2 N–H and O–H groups in total. The summed E-state index contributed by atoms with van der Waals surface area (Å²) in [6, 6.07) is 0. The lowest BCUT2D eigenvalue weighted by molar-refractivity contribution is -0.390. The Hall–Kier alpha value is -0.160. The molecule has 6 fully saturated rings. The highest BCUT2D eigenvalue weighted by atomic mass is 17.3. The summed E-state index contributed by atoms with van der Waals surface area (Å²) in [5.74, 6) is 2.77. The van der Waals surface area contributed by atoms with E-state index in [4.69, 9.17) is 20.2 Å². The Balaban J connectivity index is 1.38. The molecule has 5 aliphatic carbocycles. The Labute approximate surface area is 126 Å². The lowest BCUT2D eigenvalue weighted by Crippen LogP contribution is -2.59. The lowest BCUT2D eigenvalue weighted by Gasteiger charge is -2.57. The van der Waals surface area contributed by atoms with Crippen molar-refractivity contribution in [2.45, 2.75) is 69.4 Å². The topological polar surface area (TPSA) is 53.7 Å². The van der Waals surface area contributed by atoms with Crippen LogP contribution >= 0.6 is 0 Å². The molecule has 6 aliphatic rings. The van der Waals surface area contributed by atoms with Crippen molar-refractivity contribution >= 4 is 0 Å². The van der Waals surface area contributed by atoms with Gasteiger partial charge in [-0.25, -0.2) is 0 Å². The quantitative estimate of drug-likeness (QED) is 0.755. The summed E-state index contributed by atoms with van der Waals surface area (Å²) >= 11 is 0. The molecule has 0 radical (unpaired) electrons. The van der Waals surface area contributed by atoms with Gasteiger partial charge in [-0.2, -0.15) is 9.78 Å². The first-order valence-electron chi connectivity index (χ1n) is 8.98. The third-order valence-electron chi connectivity index (χ3n) is 7.15. The average Bonchev–Trinajstić information content (AvgIpc) is 2.86. The van der Waals surface area contributed by atoms with E-state index in [1.165, 1.54) is 32.1 Å². The molecule has 0 aromatic carbocycles. The lowest BCUT2D eigenvalue weighted by atomic mass is 9.53. The molecule has 0 unspecified atom stereocenters. The van der Waals surface area contributed by atoms with Gasteiger partial charge in [-0.15, -0.1) is 0 Å². The third-order valence-corrected chi connectivity index (χ3v) is 7.15. The van der Waals surface area contributed by atoms with Crippen LogP contribution in [0.3, 0.4) is 0 Å². The molecule has 4 nitrogen and oxygen atoms in total. The summed E-state index contributed by atoms with van der Waals surface area (Å²) in [4.78, 5) is 11.9. The molecule has 21 heavy (non-hydrogen) atoms. The molecule has 0 atom stereocenters. The SMILES string of the molecule is NCC1CCC2(CC1)OOC1(O2)C2CC3CC(C2)CC1C3. The maximum absolute atomic E-state index is 6.66. The van der Waals surface area contributed by atoms with Crippen molar-refractivity contribution in [3.8, 4) is 0 Å². The van der Waals surface area contributed by atoms with Crippen LogP contribution in [-0.4, -0.2) is 18.1 Å². The molecule has 1 saturated heterocycles. The van der Waals surface area contributed by atoms with E-state index < -0.39 is 11.6 Å². The van der Waals surface area contributed by atoms with Crippen LogP contribution in [0.4, 0.5) is 0 Å². The van der Waals surface area contributed by atoms with Gasteiger partial charge in [0.05, 0.1) is 0 Å². The van der Waals surface area contributed by atoms with E-state index in [0.717, 1.165) is 44.1 Å². The summed E-state index contributed by atoms with van der Waals surface area (Å²) < 4.78 is 6.66. The average molecular weight is 293 g/mol. The Morgan fingerprint density at radius 3 is 2.05 bits per heavy atom. The van der Waals surface area contributed by atoms with Gasteiger partial charge in [-0.3, -0.25) is 0 Å².